The van der Waals surface area contributed by atoms with Gasteiger partial charge in [-0.25, -0.2) is 0 Å². The van der Waals surface area contributed by atoms with Gasteiger partial charge in [0.25, 0.3) is 0 Å². The summed E-state index contributed by atoms with van der Waals surface area (Å²) in [5.41, 5.74) is 4.93. The van der Waals surface area contributed by atoms with Gasteiger partial charge in [0.2, 0.25) is 0 Å². The lowest BCUT2D eigenvalue weighted by molar-refractivity contribution is -0.426. The van der Waals surface area contributed by atoms with E-state index in [1.807, 2.05) is 6.07 Å². The van der Waals surface area contributed by atoms with Gasteiger partial charge in [-0.1, -0.05) is 43.5 Å². The zero-order chi connectivity index (χ0) is 19.6. The molecule has 1 heterocycles. The number of benzene rings is 2. The molecule has 0 bridgehead atoms. The predicted molar refractivity (Wildman–Crippen MR) is 114 cm³/mol. The van der Waals surface area contributed by atoms with Crippen molar-refractivity contribution in [1.82, 2.24) is 4.90 Å². The molecular formula is C24H35N2O2+. The molecule has 1 aliphatic heterocycles. The van der Waals surface area contributed by atoms with Crippen molar-refractivity contribution in [2.24, 2.45) is 0 Å². The van der Waals surface area contributed by atoms with Gasteiger partial charge < -0.3 is 20.5 Å². The van der Waals surface area contributed by atoms with Crippen LogP contribution in [0.3, 0.4) is 0 Å². The molecule has 2 aromatic rings. The van der Waals surface area contributed by atoms with E-state index < -0.39 is 5.60 Å². The average molecular weight is 384 g/mol. The van der Waals surface area contributed by atoms with E-state index in [1.165, 1.54) is 35.6 Å². The highest BCUT2D eigenvalue weighted by Crippen LogP contribution is 2.41. The number of hydrogen-bond acceptors (Lipinski definition) is 3. The zero-order valence-corrected chi connectivity index (χ0v) is 17.2. The third kappa shape index (κ3) is 4.19. The number of hydrogen-bond donors (Lipinski definition) is 2. The molecule has 1 aliphatic carbocycles. The number of piperidine rings is 1. The molecule has 0 amide bonds. The molecule has 4 N–H and O–H groups in total. The Hall–Kier alpha value is -1.62. The van der Waals surface area contributed by atoms with Gasteiger partial charge in [-0.05, 0) is 41.3 Å². The standard InChI is InChI=1S/C24H34N2O2/c1-28-22-8-7-18-15-20(6-5-19(18)16-22)23(24(27)11-3-2-4-12-24)17-26-13-9-21(25)10-14-26/h5-8,15-16,21,23,27H,2-4,9-14,17,25H2,1H3/p+1. The van der Waals surface area contributed by atoms with Crippen LogP contribution in [0.4, 0.5) is 0 Å². The van der Waals surface area contributed by atoms with Crippen molar-refractivity contribution in [1.29, 1.82) is 0 Å². The first kappa shape index (κ1) is 19.7. The molecule has 2 aromatic carbocycles. The van der Waals surface area contributed by atoms with Crippen LogP contribution in [0.25, 0.3) is 10.8 Å². The van der Waals surface area contributed by atoms with E-state index in [-0.39, 0.29) is 5.92 Å². The third-order valence-corrected chi connectivity index (χ3v) is 6.99. The number of methoxy groups -OCH3 is 1. The zero-order valence-electron chi connectivity index (χ0n) is 17.2. The predicted octanol–water partition coefficient (Wildman–Crippen LogP) is 3.33. The molecule has 1 unspecified atom stereocenters. The van der Waals surface area contributed by atoms with Crippen molar-refractivity contribution in [3.63, 3.8) is 0 Å². The van der Waals surface area contributed by atoms with Crippen molar-refractivity contribution in [3.8, 4) is 5.75 Å². The first-order chi connectivity index (χ1) is 13.6. The Morgan fingerprint density at radius 3 is 2.46 bits per heavy atom. The van der Waals surface area contributed by atoms with E-state index in [2.05, 4.69) is 41.0 Å². The van der Waals surface area contributed by atoms with Crippen LogP contribution in [0.5, 0.6) is 5.75 Å². The Labute approximate surface area is 168 Å². The second kappa shape index (κ2) is 8.40. The molecule has 4 nitrogen and oxygen atoms in total. The topological polar surface area (TPSA) is 60.3 Å². The number of aliphatic hydroxyl groups is 1. The second-order valence-electron chi connectivity index (χ2n) is 8.93. The van der Waals surface area contributed by atoms with Gasteiger partial charge in [-0.15, -0.1) is 0 Å². The van der Waals surface area contributed by atoms with Crippen LogP contribution >= 0.6 is 0 Å². The van der Waals surface area contributed by atoms with Crippen molar-refractivity contribution in [3.05, 3.63) is 42.0 Å². The summed E-state index contributed by atoms with van der Waals surface area (Å²) in [6.45, 7) is 3.15. The molecule has 152 valence electrons. The largest absolute Gasteiger partial charge is 0.497 e. The number of fused-ring (bicyclic) bond motifs is 1. The number of ether oxygens (including phenoxy) is 1. The van der Waals surface area contributed by atoms with Gasteiger partial charge in [-0.2, -0.15) is 0 Å². The Bertz CT molecular complexity index is 792. The fourth-order valence-corrected chi connectivity index (χ4v) is 5.11. The van der Waals surface area contributed by atoms with E-state index in [4.69, 9.17) is 4.74 Å². The van der Waals surface area contributed by atoms with E-state index in [9.17, 15) is 5.11 Å². The Kier molecular flexibility index (Phi) is 5.91. The smallest absolute Gasteiger partial charge is 0.119 e. The van der Waals surface area contributed by atoms with Crippen molar-refractivity contribution in [2.75, 3.05) is 26.7 Å². The van der Waals surface area contributed by atoms with Crippen molar-refractivity contribution < 1.29 is 15.6 Å². The van der Waals surface area contributed by atoms with Crippen LogP contribution in [0.1, 0.15) is 56.4 Å². The summed E-state index contributed by atoms with van der Waals surface area (Å²) in [5.74, 6) is 1.06. The van der Waals surface area contributed by atoms with Crippen LogP contribution < -0.4 is 10.5 Å². The molecule has 2 fully saturated rings. The lowest BCUT2D eigenvalue weighted by Crippen LogP contribution is -2.64. The second-order valence-corrected chi connectivity index (χ2v) is 8.93. The summed E-state index contributed by atoms with van der Waals surface area (Å²) in [4.78, 5) is 2.55. The van der Waals surface area contributed by atoms with E-state index in [0.717, 1.165) is 51.1 Å². The normalized spacial score (nSPS) is 22.2. The maximum absolute atomic E-state index is 11.7. The molecule has 4 rings (SSSR count). The molecule has 28 heavy (non-hydrogen) atoms. The van der Waals surface area contributed by atoms with Crippen LogP contribution in [0.15, 0.2) is 36.4 Å². The summed E-state index contributed by atoms with van der Waals surface area (Å²) in [7, 11) is 1.71. The van der Waals surface area contributed by atoms with Gasteiger partial charge in [0.1, 0.15) is 5.75 Å². The highest BCUT2D eigenvalue weighted by Gasteiger charge is 2.40. The number of likely N-dealkylation sites (tertiary alicyclic amines) is 1. The van der Waals surface area contributed by atoms with Gasteiger partial charge in [-0.3, -0.25) is 0 Å². The lowest BCUT2D eigenvalue weighted by atomic mass is 9.72. The first-order valence-electron chi connectivity index (χ1n) is 10.9. The number of quaternary nitrogens is 1. The fraction of sp³-hybridized carbons (Fsp3) is 0.583. The third-order valence-electron chi connectivity index (χ3n) is 6.99. The van der Waals surface area contributed by atoms with Crippen LogP contribution in [0, 0.1) is 0 Å². The van der Waals surface area contributed by atoms with Gasteiger partial charge >= 0.3 is 0 Å². The van der Waals surface area contributed by atoms with Crippen molar-refractivity contribution >= 4 is 10.8 Å². The summed E-state index contributed by atoms with van der Waals surface area (Å²) >= 11 is 0. The highest BCUT2D eigenvalue weighted by atomic mass is 16.5. The molecule has 2 aliphatic rings. The van der Waals surface area contributed by atoms with E-state index in [0.29, 0.717) is 6.04 Å². The summed E-state index contributed by atoms with van der Waals surface area (Å²) in [6, 6.07) is 13.5. The van der Waals surface area contributed by atoms with E-state index >= 15 is 0 Å². The summed E-state index contributed by atoms with van der Waals surface area (Å²) in [5, 5.41) is 14.1. The van der Waals surface area contributed by atoms with Gasteiger partial charge in [0.15, 0.2) is 0 Å². The maximum atomic E-state index is 11.7. The minimum absolute atomic E-state index is 0.167. The quantitative estimate of drug-likeness (QED) is 0.833. The van der Waals surface area contributed by atoms with E-state index in [1.54, 1.807) is 7.11 Å². The van der Waals surface area contributed by atoms with Crippen LogP contribution in [-0.2, 0) is 0 Å². The number of rotatable bonds is 5. The Morgan fingerprint density at radius 2 is 1.75 bits per heavy atom. The van der Waals surface area contributed by atoms with Gasteiger partial charge in [0, 0.05) is 38.4 Å². The lowest BCUT2D eigenvalue weighted by Gasteiger charge is -2.42. The molecule has 0 radical (unpaired) electrons. The Morgan fingerprint density at radius 1 is 1.07 bits per heavy atom. The molecule has 1 saturated carbocycles. The number of nitrogens with zero attached hydrogens (tertiary/aromatic N) is 1. The highest BCUT2D eigenvalue weighted by molar-refractivity contribution is 5.84. The summed E-state index contributed by atoms with van der Waals surface area (Å²) in [6.07, 6.45) is 7.70. The molecule has 0 spiro atoms. The molecule has 1 saturated heterocycles. The molecule has 4 heteroatoms. The Balaban J connectivity index is 1.64. The molecular weight excluding hydrogens is 348 g/mol. The minimum Gasteiger partial charge on any atom is -0.497 e. The molecule has 1 atom stereocenters. The fourth-order valence-electron chi connectivity index (χ4n) is 5.11. The van der Waals surface area contributed by atoms with Crippen molar-refractivity contribution in [2.45, 2.75) is 62.5 Å². The maximum Gasteiger partial charge on any atom is 0.119 e. The summed E-state index contributed by atoms with van der Waals surface area (Å²) < 4.78 is 5.37. The van der Waals surface area contributed by atoms with Crippen LogP contribution in [0.2, 0.25) is 0 Å². The van der Waals surface area contributed by atoms with Gasteiger partial charge in [0.05, 0.1) is 18.8 Å². The monoisotopic (exact) mass is 383 g/mol. The SMILES string of the molecule is COc1ccc2cc(C(CN3CCC([NH3+])CC3)C3(O)CCCCC3)ccc2c1. The minimum atomic E-state index is -0.584. The first-order valence-corrected chi connectivity index (χ1v) is 10.9. The average Bonchev–Trinajstić information content (AvgIpc) is 2.73. The molecule has 0 aromatic heterocycles. The van der Waals surface area contributed by atoms with Crippen LogP contribution in [-0.4, -0.2) is 48.4 Å².